The van der Waals surface area contributed by atoms with Crippen molar-refractivity contribution < 1.29 is 9.47 Å². The van der Waals surface area contributed by atoms with Crippen LogP contribution in [0, 0.1) is 11.3 Å². The maximum absolute atomic E-state index is 9.93. The van der Waals surface area contributed by atoms with E-state index in [1.807, 2.05) is 49.4 Å². The molecule has 1 aliphatic heterocycles. The Morgan fingerprint density at radius 3 is 2.74 bits per heavy atom. The van der Waals surface area contributed by atoms with Gasteiger partial charge in [-0.25, -0.2) is 0 Å². The summed E-state index contributed by atoms with van der Waals surface area (Å²) in [4.78, 5) is 0. The number of nitrogens with one attached hydrogen (secondary N) is 1. The summed E-state index contributed by atoms with van der Waals surface area (Å²) in [5, 5.41) is 19.6. The average Bonchev–Trinajstić information content (AvgIpc) is 3.21. The van der Waals surface area contributed by atoms with Crippen LogP contribution < -0.4 is 15.2 Å². The van der Waals surface area contributed by atoms with E-state index < -0.39 is 5.92 Å². The van der Waals surface area contributed by atoms with Gasteiger partial charge < -0.3 is 15.2 Å². The number of rotatable bonds is 4. The Labute approximate surface area is 179 Å². The lowest BCUT2D eigenvalue weighted by atomic mass is 9.82. The van der Waals surface area contributed by atoms with Crippen LogP contribution in [0.4, 0.5) is 0 Å². The number of nitrogens with two attached hydrogens (primary N) is 1. The van der Waals surface area contributed by atoms with Crippen LogP contribution in [0.15, 0.2) is 78.2 Å². The van der Waals surface area contributed by atoms with Crippen molar-refractivity contribution in [1.82, 2.24) is 10.2 Å². The van der Waals surface area contributed by atoms with Gasteiger partial charge in [-0.15, -0.1) is 5.10 Å². The monoisotopic (exact) mass is 408 g/mol. The average molecular weight is 408 g/mol. The fourth-order valence-corrected chi connectivity index (χ4v) is 4.09. The Hall–Kier alpha value is -4.24. The number of nitrogens with zero attached hydrogens (tertiary/aromatic N) is 2. The molecule has 1 atom stereocenters. The Balaban J connectivity index is 1.71. The molecule has 0 spiro atoms. The fourth-order valence-electron chi connectivity index (χ4n) is 4.09. The third-order valence-electron chi connectivity index (χ3n) is 5.48. The first-order valence-corrected chi connectivity index (χ1v) is 10.1. The molecule has 2 heterocycles. The minimum Gasteiger partial charge on any atom is -0.494 e. The van der Waals surface area contributed by atoms with Gasteiger partial charge in [-0.3, -0.25) is 5.10 Å². The number of aromatic nitrogens is 2. The molecule has 31 heavy (non-hydrogen) atoms. The predicted octanol–water partition coefficient (Wildman–Crippen LogP) is 4.85. The van der Waals surface area contributed by atoms with Crippen molar-refractivity contribution in [2.24, 2.45) is 5.73 Å². The molecule has 6 heteroatoms. The van der Waals surface area contributed by atoms with Crippen LogP contribution >= 0.6 is 0 Å². The molecule has 0 fully saturated rings. The first kappa shape index (κ1) is 18.8. The number of hydrogen-bond donors (Lipinski definition) is 2. The summed E-state index contributed by atoms with van der Waals surface area (Å²) in [6.45, 7) is 2.52. The minimum absolute atomic E-state index is 0.0780. The summed E-state index contributed by atoms with van der Waals surface area (Å²) in [5.41, 5.74) is 9.89. The Morgan fingerprint density at radius 2 is 1.94 bits per heavy atom. The highest BCUT2D eigenvalue weighted by molar-refractivity contribution is 5.84. The zero-order valence-electron chi connectivity index (χ0n) is 16.9. The molecule has 3 N–H and O–H groups in total. The lowest BCUT2D eigenvalue weighted by Gasteiger charge is -2.24. The Kier molecular flexibility index (Phi) is 4.57. The SMILES string of the molecule is CCOc1cccc(-c2[nH]nc3c2C(c2ccc4ccccc4c2)C(C#N)=C(N)O3)c1. The number of hydrogen-bond acceptors (Lipinski definition) is 5. The van der Waals surface area contributed by atoms with Crippen LogP contribution in [0.3, 0.4) is 0 Å². The highest BCUT2D eigenvalue weighted by Crippen LogP contribution is 2.46. The largest absolute Gasteiger partial charge is 0.494 e. The molecule has 4 aromatic rings. The molecule has 3 aromatic carbocycles. The van der Waals surface area contributed by atoms with E-state index in [9.17, 15) is 5.26 Å². The van der Waals surface area contributed by atoms with Crippen LogP contribution in [0.5, 0.6) is 11.6 Å². The topological polar surface area (TPSA) is 97.0 Å². The van der Waals surface area contributed by atoms with E-state index in [1.165, 1.54) is 0 Å². The lowest BCUT2D eigenvalue weighted by Crippen LogP contribution is -2.21. The number of H-pyrrole nitrogens is 1. The van der Waals surface area contributed by atoms with E-state index in [2.05, 4.69) is 40.5 Å². The number of nitriles is 1. The third-order valence-corrected chi connectivity index (χ3v) is 5.48. The first-order valence-electron chi connectivity index (χ1n) is 10.1. The predicted molar refractivity (Wildman–Crippen MR) is 118 cm³/mol. The molecule has 0 bridgehead atoms. The summed E-state index contributed by atoms with van der Waals surface area (Å²) in [6, 6.07) is 24.3. The van der Waals surface area contributed by atoms with Crippen LogP contribution in [-0.2, 0) is 0 Å². The van der Waals surface area contributed by atoms with Gasteiger partial charge in [-0.2, -0.15) is 5.26 Å². The summed E-state index contributed by atoms with van der Waals surface area (Å²) in [5.74, 6) is 0.821. The molecule has 152 valence electrons. The second kappa shape index (κ2) is 7.54. The Morgan fingerprint density at radius 1 is 1.10 bits per heavy atom. The number of benzene rings is 3. The van der Waals surface area contributed by atoms with E-state index in [4.69, 9.17) is 15.2 Å². The number of aromatic amines is 1. The van der Waals surface area contributed by atoms with Crippen molar-refractivity contribution in [3.63, 3.8) is 0 Å². The van der Waals surface area contributed by atoms with Gasteiger partial charge in [0.2, 0.25) is 11.8 Å². The van der Waals surface area contributed by atoms with Gasteiger partial charge in [0.1, 0.15) is 17.4 Å². The van der Waals surface area contributed by atoms with Crippen molar-refractivity contribution in [2.45, 2.75) is 12.8 Å². The van der Waals surface area contributed by atoms with Gasteiger partial charge in [0.25, 0.3) is 0 Å². The van der Waals surface area contributed by atoms with E-state index in [0.717, 1.165) is 38.9 Å². The van der Waals surface area contributed by atoms with Gasteiger partial charge in [0.15, 0.2) is 0 Å². The first-order chi connectivity index (χ1) is 15.2. The molecule has 1 aromatic heterocycles. The van der Waals surface area contributed by atoms with Crippen molar-refractivity contribution in [1.29, 1.82) is 5.26 Å². The third kappa shape index (κ3) is 3.17. The fraction of sp³-hybridized carbons (Fsp3) is 0.120. The van der Waals surface area contributed by atoms with Gasteiger partial charge in [-0.1, -0.05) is 54.6 Å². The van der Waals surface area contributed by atoms with Gasteiger partial charge >= 0.3 is 0 Å². The van der Waals surface area contributed by atoms with E-state index in [1.54, 1.807) is 0 Å². The van der Waals surface area contributed by atoms with Crippen molar-refractivity contribution in [2.75, 3.05) is 6.61 Å². The molecule has 0 saturated carbocycles. The molecule has 1 unspecified atom stereocenters. The van der Waals surface area contributed by atoms with Crippen LogP contribution in [0.2, 0.25) is 0 Å². The second-order valence-corrected chi connectivity index (χ2v) is 7.31. The highest BCUT2D eigenvalue weighted by Gasteiger charge is 2.35. The molecule has 1 aliphatic rings. The van der Waals surface area contributed by atoms with Crippen LogP contribution in [0.25, 0.3) is 22.0 Å². The molecule has 5 rings (SSSR count). The lowest BCUT2D eigenvalue weighted by molar-refractivity contribution is 0.340. The standard InChI is InChI=1S/C25H20N4O2/c1-2-30-19-9-5-8-18(13-19)23-22-21(20(14-26)24(27)31-25(22)29-28-23)17-11-10-15-6-3-4-7-16(15)12-17/h3-13,21H,2,27H2,1H3,(H,28,29). The second-order valence-electron chi connectivity index (χ2n) is 7.31. The quantitative estimate of drug-likeness (QED) is 0.503. The Bertz CT molecular complexity index is 1360. The van der Waals surface area contributed by atoms with E-state index >= 15 is 0 Å². The normalized spacial score (nSPS) is 15.3. The van der Waals surface area contributed by atoms with E-state index in [0.29, 0.717) is 18.1 Å². The summed E-state index contributed by atoms with van der Waals surface area (Å²) in [6.07, 6.45) is 0. The van der Waals surface area contributed by atoms with Crippen LogP contribution in [0.1, 0.15) is 24.0 Å². The maximum atomic E-state index is 9.93. The number of allylic oxidation sites excluding steroid dienone is 1. The molecular weight excluding hydrogens is 388 g/mol. The molecule has 0 saturated heterocycles. The maximum Gasteiger partial charge on any atom is 0.244 e. The summed E-state index contributed by atoms with van der Waals surface area (Å²) < 4.78 is 11.4. The number of fused-ring (bicyclic) bond motifs is 2. The molecular formula is C25H20N4O2. The van der Waals surface area contributed by atoms with E-state index in [-0.39, 0.29) is 5.88 Å². The van der Waals surface area contributed by atoms with Gasteiger partial charge in [0, 0.05) is 5.56 Å². The minimum atomic E-state index is -0.400. The smallest absolute Gasteiger partial charge is 0.244 e. The van der Waals surface area contributed by atoms with Crippen molar-refractivity contribution in [3.05, 3.63) is 89.3 Å². The number of ether oxygens (including phenoxy) is 2. The van der Waals surface area contributed by atoms with Crippen molar-refractivity contribution >= 4 is 10.8 Å². The molecule has 6 nitrogen and oxygen atoms in total. The van der Waals surface area contributed by atoms with Crippen LogP contribution in [-0.4, -0.2) is 16.8 Å². The zero-order valence-corrected chi connectivity index (χ0v) is 16.9. The molecule has 0 aliphatic carbocycles. The summed E-state index contributed by atoms with van der Waals surface area (Å²) >= 11 is 0. The van der Waals surface area contributed by atoms with Gasteiger partial charge in [-0.05, 0) is 35.4 Å². The molecule has 0 radical (unpaired) electrons. The van der Waals surface area contributed by atoms with Gasteiger partial charge in [0.05, 0.1) is 23.8 Å². The summed E-state index contributed by atoms with van der Waals surface area (Å²) in [7, 11) is 0. The zero-order chi connectivity index (χ0) is 21.4. The highest BCUT2D eigenvalue weighted by atomic mass is 16.5. The van der Waals surface area contributed by atoms with Crippen molar-refractivity contribution in [3.8, 4) is 29.0 Å². The molecule has 0 amide bonds.